The first kappa shape index (κ1) is 41.6. The molecule has 7 atom stereocenters. The molecule has 51 heavy (non-hydrogen) atoms. The molecule has 1 aromatic carbocycles. The smallest absolute Gasteiger partial charge is 0.306 e. The molecule has 2 aromatic rings. The first-order chi connectivity index (χ1) is 24.1. The Bertz CT molecular complexity index is 1470. The Kier molecular flexibility index (Phi) is 16.0. The number of esters is 1. The number of carbonyl (C=O) groups is 5. The van der Waals surface area contributed by atoms with Gasteiger partial charge >= 0.3 is 11.9 Å². The van der Waals surface area contributed by atoms with E-state index < -0.39 is 48.0 Å². The van der Waals surface area contributed by atoms with Crippen LogP contribution in [0.5, 0.6) is 0 Å². The van der Waals surface area contributed by atoms with Gasteiger partial charge in [0.2, 0.25) is 11.8 Å². The Balaban J connectivity index is 1.81. The van der Waals surface area contributed by atoms with Gasteiger partial charge in [-0.3, -0.25) is 28.9 Å². The molecule has 1 fully saturated rings. The van der Waals surface area contributed by atoms with E-state index in [0.717, 1.165) is 31.4 Å². The van der Waals surface area contributed by atoms with Crippen molar-refractivity contribution in [3.8, 4) is 0 Å². The number of rotatable bonds is 18. The highest BCUT2D eigenvalue weighted by Crippen LogP contribution is 2.31. The molecule has 0 unspecified atom stereocenters. The summed E-state index contributed by atoms with van der Waals surface area (Å²) < 4.78 is 5.76. The van der Waals surface area contributed by atoms with E-state index in [1.54, 1.807) is 24.3 Å². The number of thiazole rings is 1. The van der Waals surface area contributed by atoms with E-state index in [2.05, 4.69) is 15.6 Å². The van der Waals surface area contributed by atoms with Crippen molar-refractivity contribution < 1.29 is 33.8 Å². The lowest BCUT2D eigenvalue weighted by Gasteiger charge is -2.38. The molecule has 0 spiro atoms. The van der Waals surface area contributed by atoms with Crippen molar-refractivity contribution in [1.29, 1.82) is 0 Å². The van der Waals surface area contributed by atoms with E-state index in [1.165, 1.54) is 18.3 Å². The number of aromatic nitrogens is 1. The van der Waals surface area contributed by atoms with Crippen LogP contribution in [0.1, 0.15) is 107 Å². The van der Waals surface area contributed by atoms with Gasteiger partial charge in [0.15, 0.2) is 6.10 Å². The van der Waals surface area contributed by atoms with Crippen LogP contribution in [0, 0.1) is 17.8 Å². The molecule has 0 aliphatic carbocycles. The number of amides is 3. The minimum atomic E-state index is -0.944. The third-order valence-corrected chi connectivity index (χ3v) is 10.9. The first-order valence-corrected chi connectivity index (χ1v) is 19.0. The molecule has 1 aromatic heterocycles. The minimum absolute atomic E-state index is 0.0486. The van der Waals surface area contributed by atoms with Gasteiger partial charge in [-0.1, -0.05) is 77.8 Å². The van der Waals surface area contributed by atoms with Crippen molar-refractivity contribution in [2.45, 2.75) is 117 Å². The highest BCUT2D eigenvalue weighted by Gasteiger charge is 2.37. The second-order valence-electron chi connectivity index (χ2n) is 14.4. The zero-order valence-electron chi connectivity index (χ0n) is 31.4. The van der Waals surface area contributed by atoms with Crippen molar-refractivity contribution in [3.05, 3.63) is 52.0 Å². The number of likely N-dealkylation sites (N-methyl/N-ethyl adjacent to an activating group) is 2. The summed E-state index contributed by atoms with van der Waals surface area (Å²) in [4.78, 5) is 73.3. The summed E-state index contributed by atoms with van der Waals surface area (Å²) >= 11 is 1.18. The number of hydrogen-bond donors (Lipinski definition) is 3. The number of aliphatic carboxylic acids is 1. The predicted molar refractivity (Wildman–Crippen MR) is 197 cm³/mol. The summed E-state index contributed by atoms with van der Waals surface area (Å²) in [7, 11) is 3.66. The number of hydrogen-bond acceptors (Lipinski definition) is 9. The van der Waals surface area contributed by atoms with Crippen molar-refractivity contribution in [3.63, 3.8) is 0 Å². The number of carboxylic acids is 1. The first-order valence-electron chi connectivity index (χ1n) is 18.1. The van der Waals surface area contributed by atoms with Gasteiger partial charge in [-0.15, -0.1) is 11.3 Å². The summed E-state index contributed by atoms with van der Waals surface area (Å²) in [6.45, 7) is 11.7. The molecule has 282 valence electrons. The van der Waals surface area contributed by atoms with Gasteiger partial charge in [-0.05, 0) is 56.7 Å². The lowest BCUT2D eigenvalue weighted by Crippen LogP contribution is -2.58. The fourth-order valence-corrected chi connectivity index (χ4v) is 7.48. The molecule has 13 heteroatoms. The van der Waals surface area contributed by atoms with Gasteiger partial charge in [0.05, 0.1) is 12.0 Å². The standard InChI is InChI=1S/C38H57N5O7S/c1-9-24(4)33(41-35(46)30-17-13-14-18-42(30)7)37(47)43(8)31(23(2)3)21-32(50-26(6)44)36-40-29(22-51-36)34(45)39-28(19-25(5)38(48)49)20-27-15-11-10-12-16-27/h10-12,15-16,22-25,28,30-33H,9,13-14,17-21H2,1-8H3,(H,39,45)(H,41,46)(H,48,49)/t24-,25-,28+,30+,31+,32-,33-/m0/s1. The van der Waals surface area contributed by atoms with Crippen LogP contribution in [0.15, 0.2) is 35.7 Å². The molecule has 2 heterocycles. The predicted octanol–water partition coefficient (Wildman–Crippen LogP) is 5.09. The van der Waals surface area contributed by atoms with Gasteiger partial charge in [-0.2, -0.15) is 0 Å². The van der Waals surface area contributed by atoms with E-state index >= 15 is 0 Å². The largest absolute Gasteiger partial charge is 0.481 e. The van der Waals surface area contributed by atoms with Crippen LogP contribution in [-0.4, -0.2) is 94.4 Å². The van der Waals surface area contributed by atoms with E-state index in [4.69, 9.17) is 4.74 Å². The highest BCUT2D eigenvalue weighted by molar-refractivity contribution is 7.09. The summed E-state index contributed by atoms with van der Waals surface area (Å²) in [5, 5.41) is 17.6. The molecule has 1 saturated heterocycles. The Morgan fingerprint density at radius 3 is 2.33 bits per heavy atom. The third-order valence-electron chi connectivity index (χ3n) is 9.98. The maximum atomic E-state index is 14.2. The molecule has 0 radical (unpaired) electrons. The van der Waals surface area contributed by atoms with Crippen molar-refractivity contribution >= 4 is 41.0 Å². The van der Waals surface area contributed by atoms with Gasteiger partial charge < -0.3 is 25.4 Å². The average Bonchev–Trinajstić information content (AvgIpc) is 3.59. The molecule has 3 rings (SSSR count). The van der Waals surface area contributed by atoms with Crippen LogP contribution in [-0.2, 0) is 30.3 Å². The van der Waals surface area contributed by atoms with Gasteiger partial charge in [-0.25, -0.2) is 4.98 Å². The van der Waals surface area contributed by atoms with Crippen molar-refractivity contribution in [2.75, 3.05) is 20.6 Å². The van der Waals surface area contributed by atoms with E-state index in [9.17, 15) is 29.1 Å². The lowest BCUT2D eigenvalue weighted by atomic mass is 9.92. The number of carbonyl (C=O) groups excluding carboxylic acids is 4. The molecule has 0 saturated carbocycles. The Labute approximate surface area is 306 Å². The molecular weight excluding hydrogens is 671 g/mol. The summed E-state index contributed by atoms with van der Waals surface area (Å²) in [5.74, 6) is -3.11. The Morgan fingerprint density at radius 2 is 1.75 bits per heavy atom. The van der Waals surface area contributed by atoms with Gasteiger partial charge in [0.25, 0.3) is 5.91 Å². The monoisotopic (exact) mass is 727 g/mol. The minimum Gasteiger partial charge on any atom is -0.481 e. The number of nitrogens with one attached hydrogen (secondary N) is 2. The number of benzene rings is 1. The second-order valence-corrected chi connectivity index (χ2v) is 15.3. The maximum Gasteiger partial charge on any atom is 0.306 e. The average molecular weight is 728 g/mol. The quantitative estimate of drug-likeness (QED) is 0.178. The molecule has 1 aliphatic heterocycles. The fraction of sp³-hybridized carbons (Fsp3) is 0.632. The highest BCUT2D eigenvalue weighted by atomic mass is 32.1. The molecular formula is C38H57N5O7S. The van der Waals surface area contributed by atoms with Crippen LogP contribution >= 0.6 is 11.3 Å². The number of piperidine rings is 1. The summed E-state index contributed by atoms with van der Waals surface area (Å²) in [6.07, 6.45) is 3.53. The lowest BCUT2D eigenvalue weighted by molar-refractivity contribution is -0.149. The topological polar surface area (TPSA) is 158 Å². The molecule has 0 bridgehead atoms. The van der Waals surface area contributed by atoms with Gasteiger partial charge in [0.1, 0.15) is 16.7 Å². The fourth-order valence-electron chi connectivity index (χ4n) is 6.64. The van der Waals surface area contributed by atoms with Crippen LogP contribution in [0.2, 0.25) is 0 Å². The van der Waals surface area contributed by atoms with Crippen LogP contribution in [0.3, 0.4) is 0 Å². The number of carboxylic acid groups (broad SMARTS) is 1. The normalized spacial score (nSPS) is 18.5. The Morgan fingerprint density at radius 1 is 1.06 bits per heavy atom. The molecule has 1 aliphatic rings. The third kappa shape index (κ3) is 12.1. The maximum absolute atomic E-state index is 14.2. The number of nitrogens with zero attached hydrogens (tertiary/aromatic N) is 3. The van der Waals surface area contributed by atoms with Crippen molar-refractivity contribution in [1.82, 2.24) is 25.4 Å². The van der Waals surface area contributed by atoms with Gasteiger partial charge in [0, 0.05) is 37.9 Å². The van der Waals surface area contributed by atoms with Crippen LogP contribution in [0.4, 0.5) is 0 Å². The van der Waals surface area contributed by atoms with E-state index in [0.29, 0.717) is 17.8 Å². The zero-order chi connectivity index (χ0) is 37.8. The summed E-state index contributed by atoms with van der Waals surface area (Å²) in [6, 6.07) is 7.68. The SMILES string of the molecule is CC[C@H](C)[C@H](NC(=O)[C@H]1CCCCN1C)C(=O)N(C)[C@H](C[C@H](OC(C)=O)c1nc(C(=O)N[C@@H](Cc2ccccc2)C[C@H](C)C(=O)O)cs1)C(C)C. The molecule has 3 N–H and O–H groups in total. The van der Waals surface area contributed by atoms with Crippen LogP contribution < -0.4 is 10.6 Å². The number of likely N-dealkylation sites (tertiary alicyclic amines) is 1. The molecule has 12 nitrogen and oxygen atoms in total. The van der Waals surface area contributed by atoms with E-state index in [1.807, 2.05) is 70.0 Å². The zero-order valence-corrected chi connectivity index (χ0v) is 32.2. The van der Waals surface area contributed by atoms with Crippen LogP contribution in [0.25, 0.3) is 0 Å². The van der Waals surface area contributed by atoms with Crippen molar-refractivity contribution in [2.24, 2.45) is 17.8 Å². The van der Waals surface area contributed by atoms with E-state index in [-0.39, 0.29) is 48.2 Å². The number of ether oxygens (including phenoxy) is 1. The summed E-state index contributed by atoms with van der Waals surface area (Å²) in [5.41, 5.74) is 1.09. The second kappa shape index (κ2) is 19.7. The Hall–Kier alpha value is -3.84. The molecule has 3 amide bonds.